The van der Waals surface area contributed by atoms with E-state index in [1.165, 1.54) is 6.92 Å². The van der Waals surface area contributed by atoms with Gasteiger partial charge in [0.15, 0.2) is 0 Å². The second-order valence-corrected chi connectivity index (χ2v) is 5.76. The van der Waals surface area contributed by atoms with Gasteiger partial charge in [-0.1, -0.05) is 23.7 Å². The first-order chi connectivity index (χ1) is 7.94. The summed E-state index contributed by atoms with van der Waals surface area (Å²) in [4.78, 5) is 11.4. The number of sulfonamides is 1. The lowest BCUT2D eigenvalue weighted by Gasteiger charge is -2.07. The predicted molar refractivity (Wildman–Crippen MR) is 67.5 cm³/mol. The minimum absolute atomic E-state index is 0.0631. The number of carbonyl (C=O) groups is 1. The summed E-state index contributed by atoms with van der Waals surface area (Å²) in [6.07, 6.45) is 0. The van der Waals surface area contributed by atoms with Gasteiger partial charge in [0, 0.05) is 0 Å². The first kappa shape index (κ1) is 14.0. The van der Waals surface area contributed by atoms with E-state index in [9.17, 15) is 13.2 Å². The summed E-state index contributed by atoms with van der Waals surface area (Å²) in [5.74, 6) is -0.526. The van der Waals surface area contributed by atoms with Crippen LogP contribution < -0.4 is 10.0 Å². The number of rotatable bonds is 5. The van der Waals surface area contributed by atoms with Crippen LogP contribution >= 0.6 is 11.6 Å². The molecule has 1 amide bonds. The predicted octanol–water partition coefficient (Wildman–Crippen LogP) is 1.22. The Hall–Kier alpha value is -1.11. The highest BCUT2D eigenvalue weighted by atomic mass is 35.5. The minimum atomic E-state index is -3.36. The molecule has 0 heterocycles. The van der Waals surface area contributed by atoms with Crippen molar-refractivity contribution < 1.29 is 13.2 Å². The average molecular weight is 277 g/mol. The first-order valence-corrected chi connectivity index (χ1v) is 6.99. The summed E-state index contributed by atoms with van der Waals surface area (Å²) in [6.45, 7) is 1.19. The van der Waals surface area contributed by atoms with Crippen LogP contribution in [-0.4, -0.2) is 26.6 Å². The van der Waals surface area contributed by atoms with Gasteiger partial charge >= 0.3 is 0 Å². The van der Waals surface area contributed by atoms with E-state index >= 15 is 0 Å². The smallest absolute Gasteiger partial charge is 0.239 e. The maximum Gasteiger partial charge on any atom is 0.239 e. The van der Waals surface area contributed by atoms with Crippen molar-refractivity contribution in [2.45, 2.75) is 6.92 Å². The number of hydrogen-bond donors (Lipinski definition) is 2. The number of benzene rings is 1. The van der Waals surface area contributed by atoms with Gasteiger partial charge in [0.2, 0.25) is 15.9 Å². The van der Waals surface area contributed by atoms with E-state index in [0.717, 1.165) is 0 Å². The monoisotopic (exact) mass is 276 g/mol. The Morgan fingerprint density at radius 1 is 1.35 bits per heavy atom. The van der Waals surface area contributed by atoms with E-state index in [1.54, 1.807) is 24.3 Å². The van der Waals surface area contributed by atoms with Crippen LogP contribution in [-0.2, 0) is 14.8 Å². The number of hydrogen-bond acceptors (Lipinski definition) is 3. The summed E-state index contributed by atoms with van der Waals surface area (Å²) in [5, 5.41) is 2.91. The van der Waals surface area contributed by atoms with Crippen LogP contribution in [0, 0.1) is 0 Å². The van der Waals surface area contributed by atoms with Crippen molar-refractivity contribution in [2.24, 2.45) is 0 Å². The zero-order chi connectivity index (χ0) is 12.9. The quantitative estimate of drug-likeness (QED) is 0.849. The maximum absolute atomic E-state index is 11.4. The molecule has 0 saturated heterocycles. The summed E-state index contributed by atoms with van der Waals surface area (Å²) in [5.41, 5.74) is 0.454. The van der Waals surface area contributed by atoms with Crippen molar-refractivity contribution >= 4 is 33.2 Å². The Bertz CT molecular complexity index is 502. The fourth-order valence-corrected chi connectivity index (χ4v) is 1.77. The van der Waals surface area contributed by atoms with E-state index in [4.69, 9.17) is 11.6 Å². The Kier molecular flexibility index (Phi) is 4.92. The number of carbonyl (C=O) groups excluding carboxylic acids is 1. The third-order valence-electron chi connectivity index (χ3n) is 1.98. The molecule has 0 unspecified atom stereocenters. The van der Waals surface area contributed by atoms with Crippen molar-refractivity contribution in [1.29, 1.82) is 0 Å². The molecular formula is C10H13ClN2O3S. The Labute approximate surface area is 105 Å². The Balaban J connectivity index is 2.54. The van der Waals surface area contributed by atoms with Gasteiger partial charge in [-0.15, -0.1) is 0 Å². The molecule has 1 aromatic rings. The van der Waals surface area contributed by atoms with Gasteiger partial charge in [-0.25, -0.2) is 13.1 Å². The molecule has 0 aromatic heterocycles. The largest absolute Gasteiger partial charge is 0.324 e. The van der Waals surface area contributed by atoms with Crippen LogP contribution in [0.2, 0.25) is 5.02 Å². The normalized spacial score (nSPS) is 11.2. The number of amides is 1. The highest BCUT2D eigenvalue weighted by Crippen LogP contribution is 2.19. The standard InChI is InChI=1S/C10H13ClN2O3S/c1-2-17(15,16)12-7-10(14)13-9-6-4-3-5-8(9)11/h3-6,12H,2,7H2,1H3,(H,13,14). The topological polar surface area (TPSA) is 75.3 Å². The van der Waals surface area contributed by atoms with Crippen LogP contribution in [0.1, 0.15) is 6.92 Å². The number of anilines is 1. The first-order valence-electron chi connectivity index (χ1n) is 4.96. The Morgan fingerprint density at radius 2 is 2.00 bits per heavy atom. The molecule has 0 atom stereocenters. The maximum atomic E-state index is 11.4. The van der Waals surface area contributed by atoms with Crippen LogP contribution in [0.4, 0.5) is 5.69 Å². The highest BCUT2D eigenvalue weighted by molar-refractivity contribution is 7.89. The van der Waals surface area contributed by atoms with Crippen LogP contribution in [0.15, 0.2) is 24.3 Å². The van der Waals surface area contributed by atoms with Crippen molar-refractivity contribution in [2.75, 3.05) is 17.6 Å². The molecule has 0 saturated carbocycles. The summed E-state index contributed by atoms with van der Waals surface area (Å²) in [6, 6.07) is 6.72. The minimum Gasteiger partial charge on any atom is -0.324 e. The zero-order valence-corrected chi connectivity index (χ0v) is 10.8. The summed E-state index contributed by atoms with van der Waals surface area (Å²) < 4.78 is 24.4. The Morgan fingerprint density at radius 3 is 2.59 bits per heavy atom. The average Bonchev–Trinajstić information content (AvgIpc) is 2.30. The SMILES string of the molecule is CCS(=O)(=O)NCC(=O)Nc1ccccc1Cl. The molecule has 17 heavy (non-hydrogen) atoms. The van der Waals surface area contributed by atoms with Gasteiger partial charge in [0.05, 0.1) is 23.0 Å². The third kappa shape index (κ3) is 4.72. The van der Waals surface area contributed by atoms with Crippen molar-refractivity contribution in [3.05, 3.63) is 29.3 Å². The molecule has 5 nitrogen and oxygen atoms in total. The van der Waals surface area contributed by atoms with Crippen molar-refractivity contribution in [3.8, 4) is 0 Å². The molecule has 0 aliphatic rings. The van der Waals surface area contributed by atoms with E-state index in [2.05, 4.69) is 10.0 Å². The lowest BCUT2D eigenvalue weighted by Crippen LogP contribution is -2.33. The second kappa shape index (κ2) is 6.00. The number of nitrogens with one attached hydrogen (secondary N) is 2. The molecule has 0 radical (unpaired) electrons. The molecule has 1 aromatic carbocycles. The summed E-state index contributed by atoms with van der Waals surface area (Å²) >= 11 is 5.83. The van der Waals surface area contributed by atoms with Gasteiger partial charge in [-0.3, -0.25) is 4.79 Å². The lowest BCUT2D eigenvalue weighted by molar-refractivity contribution is -0.115. The molecule has 0 bridgehead atoms. The van der Waals surface area contributed by atoms with Gasteiger partial charge in [0.25, 0.3) is 0 Å². The van der Waals surface area contributed by atoms with Gasteiger partial charge in [-0.05, 0) is 19.1 Å². The molecule has 0 aliphatic carbocycles. The molecule has 7 heteroatoms. The van der Waals surface area contributed by atoms with Crippen LogP contribution in [0.3, 0.4) is 0 Å². The van der Waals surface area contributed by atoms with Crippen molar-refractivity contribution in [3.63, 3.8) is 0 Å². The summed E-state index contributed by atoms with van der Waals surface area (Å²) in [7, 11) is -3.36. The van der Waals surface area contributed by atoms with Gasteiger partial charge in [0.1, 0.15) is 0 Å². The zero-order valence-electron chi connectivity index (χ0n) is 9.23. The van der Waals surface area contributed by atoms with Gasteiger partial charge < -0.3 is 5.32 Å². The molecule has 0 fully saturated rings. The van der Waals surface area contributed by atoms with Crippen LogP contribution in [0.5, 0.6) is 0 Å². The fraction of sp³-hybridized carbons (Fsp3) is 0.300. The number of halogens is 1. The highest BCUT2D eigenvalue weighted by Gasteiger charge is 2.10. The molecule has 2 N–H and O–H groups in total. The van der Waals surface area contributed by atoms with Crippen LogP contribution in [0.25, 0.3) is 0 Å². The van der Waals surface area contributed by atoms with E-state index in [-0.39, 0.29) is 12.3 Å². The third-order valence-corrected chi connectivity index (χ3v) is 3.65. The van der Waals surface area contributed by atoms with Crippen molar-refractivity contribution in [1.82, 2.24) is 4.72 Å². The fourth-order valence-electron chi connectivity index (χ4n) is 1.03. The molecule has 94 valence electrons. The van der Waals surface area contributed by atoms with E-state index < -0.39 is 15.9 Å². The molecule has 0 aliphatic heterocycles. The molecule has 0 spiro atoms. The molecule has 1 rings (SSSR count). The van der Waals surface area contributed by atoms with E-state index in [0.29, 0.717) is 10.7 Å². The second-order valence-electron chi connectivity index (χ2n) is 3.25. The van der Waals surface area contributed by atoms with Gasteiger partial charge in [-0.2, -0.15) is 0 Å². The van der Waals surface area contributed by atoms with E-state index in [1.807, 2.05) is 0 Å². The lowest BCUT2D eigenvalue weighted by atomic mass is 10.3. The molecular weight excluding hydrogens is 264 g/mol. The number of para-hydroxylation sites is 1.